The Bertz CT molecular complexity index is 1060. The fraction of sp³-hybridized carbons (Fsp3) is 0.233. The molecular formula is C30H34N3. The summed E-state index contributed by atoms with van der Waals surface area (Å²) >= 11 is 0. The second-order valence-electron chi connectivity index (χ2n) is 9.01. The molecule has 0 heterocycles. The molecule has 0 saturated carbocycles. The molecule has 3 nitrogen and oxygen atoms in total. The third-order valence-electron chi connectivity index (χ3n) is 6.66. The predicted octanol–water partition coefficient (Wildman–Crippen LogP) is 5.12. The number of nitrogens with two attached hydrogens (primary N) is 3. The number of hydrogen-bond donors (Lipinski definition) is 3. The summed E-state index contributed by atoms with van der Waals surface area (Å²) in [6.07, 6.45) is 6.70. The second-order valence-corrected chi connectivity index (χ2v) is 9.01. The van der Waals surface area contributed by atoms with Crippen molar-refractivity contribution < 1.29 is 0 Å². The van der Waals surface area contributed by atoms with Crippen LogP contribution in [0.2, 0.25) is 0 Å². The zero-order valence-electron chi connectivity index (χ0n) is 19.6. The topological polar surface area (TPSA) is 78.1 Å². The van der Waals surface area contributed by atoms with Crippen LogP contribution in [0, 0.1) is 11.8 Å². The molecule has 1 aliphatic carbocycles. The van der Waals surface area contributed by atoms with Gasteiger partial charge in [-0.25, -0.2) is 0 Å². The summed E-state index contributed by atoms with van der Waals surface area (Å²) in [5.74, 6) is 1.66. The molecule has 3 aromatic carbocycles. The highest BCUT2D eigenvalue weighted by atomic mass is 14.5. The normalized spacial score (nSPS) is 14.2. The van der Waals surface area contributed by atoms with E-state index in [0.717, 1.165) is 16.7 Å². The van der Waals surface area contributed by atoms with Crippen LogP contribution < -0.4 is 17.2 Å². The van der Waals surface area contributed by atoms with Gasteiger partial charge in [0, 0.05) is 25.6 Å². The van der Waals surface area contributed by atoms with Crippen molar-refractivity contribution in [3.05, 3.63) is 136 Å². The number of benzene rings is 3. The summed E-state index contributed by atoms with van der Waals surface area (Å²) in [6, 6.07) is 26.0. The lowest BCUT2D eigenvalue weighted by Gasteiger charge is -2.42. The van der Waals surface area contributed by atoms with Crippen molar-refractivity contribution in [1.82, 2.24) is 0 Å². The van der Waals surface area contributed by atoms with Gasteiger partial charge in [-0.05, 0) is 39.3 Å². The predicted molar refractivity (Wildman–Crippen MR) is 138 cm³/mol. The summed E-state index contributed by atoms with van der Waals surface area (Å²) in [6.45, 7) is 5.99. The molecule has 0 spiro atoms. The zero-order valence-corrected chi connectivity index (χ0v) is 19.6. The fourth-order valence-corrected chi connectivity index (χ4v) is 5.04. The molecular weight excluding hydrogens is 402 g/mol. The number of hydrogen-bond acceptors (Lipinski definition) is 3. The summed E-state index contributed by atoms with van der Waals surface area (Å²) in [4.78, 5) is 0. The van der Waals surface area contributed by atoms with Crippen molar-refractivity contribution in [2.75, 3.05) is 0 Å². The van der Waals surface area contributed by atoms with E-state index < -0.39 is 5.41 Å². The van der Waals surface area contributed by atoms with Crippen LogP contribution in [0.1, 0.15) is 47.2 Å². The van der Waals surface area contributed by atoms with Crippen molar-refractivity contribution in [1.29, 1.82) is 0 Å². The van der Waals surface area contributed by atoms with E-state index in [0.29, 0.717) is 25.6 Å². The highest BCUT2D eigenvalue weighted by Crippen LogP contribution is 2.53. The number of rotatable bonds is 8. The Kier molecular flexibility index (Phi) is 6.94. The molecule has 4 rings (SSSR count). The van der Waals surface area contributed by atoms with Crippen molar-refractivity contribution in [3.63, 3.8) is 0 Å². The molecule has 33 heavy (non-hydrogen) atoms. The lowest BCUT2D eigenvalue weighted by molar-refractivity contribution is 0.629. The fourth-order valence-electron chi connectivity index (χ4n) is 5.04. The van der Waals surface area contributed by atoms with Crippen molar-refractivity contribution in [2.24, 2.45) is 23.1 Å². The molecule has 0 atom stereocenters. The number of allylic oxidation sites excluding steroid dienone is 4. The molecule has 3 heteroatoms. The van der Waals surface area contributed by atoms with Crippen molar-refractivity contribution in [3.8, 4) is 0 Å². The Morgan fingerprint density at radius 1 is 0.667 bits per heavy atom. The van der Waals surface area contributed by atoms with Gasteiger partial charge < -0.3 is 17.2 Å². The van der Waals surface area contributed by atoms with E-state index in [1.54, 1.807) is 0 Å². The van der Waals surface area contributed by atoms with Crippen molar-refractivity contribution in [2.45, 2.75) is 38.9 Å². The van der Waals surface area contributed by atoms with Gasteiger partial charge in [-0.1, -0.05) is 110 Å². The molecule has 1 radical (unpaired) electrons. The summed E-state index contributed by atoms with van der Waals surface area (Å²) in [7, 11) is 0. The van der Waals surface area contributed by atoms with E-state index >= 15 is 0 Å². The zero-order chi connectivity index (χ0) is 23.4. The summed E-state index contributed by atoms with van der Waals surface area (Å²) in [5.41, 5.74) is 26.0. The van der Waals surface area contributed by atoms with Gasteiger partial charge >= 0.3 is 0 Å². The maximum atomic E-state index is 6.09. The molecule has 0 fully saturated rings. The molecule has 0 saturated heterocycles. The van der Waals surface area contributed by atoms with Gasteiger partial charge in [0.25, 0.3) is 0 Å². The van der Waals surface area contributed by atoms with Crippen LogP contribution in [0.5, 0.6) is 0 Å². The van der Waals surface area contributed by atoms with Crippen LogP contribution in [0.25, 0.3) is 0 Å². The van der Waals surface area contributed by atoms with E-state index in [9.17, 15) is 0 Å². The lowest BCUT2D eigenvalue weighted by atomic mass is 9.59. The minimum Gasteiger partial charge on any atom is -0.326 e. The van der Waals surface area contributed by atoms with Gasteiger partial charge in [0.15, 0.2) is 0 Å². The Morgan fingerprint density at radius 3 is 1.45 bits per heavy atom. The first-order valence-electron chi connectivity index (χ1n) is 11.7. The minimum absolute atomic E-state index is 0.377. The molecule has 0 aliphatic heterocycles. The molecule has 6 N–H and O–H groups in total. The van der Waals surface area contributed by atoms with Crippen LogP contribution >= 0.6 is 0 Å². The first kappa shape index (κ1) is 23.2. The van der Waals surface area contributed by atoms with Gasteiger partial charge in [0.2, 0.25) is 0 Å². The third kappa shape index (κ3) is 4.20. The molecule has 0 unspecified atom stereocenters. The van der Waals surface area contributed by atoms with Crippen LogP contribution in [0.4, 0.5) is 0 Å². The smallest absolute Gasteiger partial charge is 0.0591 e. The Hall–Kier alpha value is -2.98. The largest absolute Gasteiger partial charge is 0.326 e. The van der Waals surface area contributed by atoms with E-state index in [1.807, 2.05) is 0 Å². The van der Waals surface area contributed by atoms with E-state index in [4.69, 9.17) is 17.2 Å². The molecule has 0 aromatic heterocycles. The van der Waals surface area contributed by atoms with Crippen LogP contribution in [-0.2, 0) is 25.0 Å². The molecule has 1 aliphatic rings. The van der Waals surface area contributed by atoms with Crippen molar-refractivity contribution >= 4 is 0 Å². The Morgan fingerprint density at radius 2 is 1.09 bits per heavy atom. The molecule has 169 valence electrons. The average molecular weight is 437 g/mol. The van der Waals surface area contributed by atoms with Gasteiger partial charge in [-0.3, -0.25) is 0 Å². The lowest BCUT2D eigenvalue weighted by Crippen LogP contribution is -2.37. The average Bonchev–Trinajstić information content (AvgIpc) is 3.35. The minimum atomic E-state index is -0.523. The monoisotopic (exact) mass is 436 g/mol. The highest BCUT2D eigenvalue weighted by Gasteiger charge is 2.46. The van der Waals surface area contributed by atoms with Gasteiger partial charge in [0.05, 0.1) is 5.41 Å². The first-order chi connectivity index (χ1) is 16.0. The second kappa shape index (κ2) is 9.88. The Balaban J connectivity index is 2.13. The van der Waals surface area contributed by atoms with Crippen LogP contribution in [0.3, 0.4) is 0 Å². The Labute approximate surface area is 198 Å². The highest BCUT2D eigenvalue weighted by molar-refractivity contribution is 5.66. The maximum absolute atomic E-state index is 6.09. The summed E-state index contributed by atoms with van der Waals surface area (Å²) in [5, 5.41) is 0. The van der Waals surface area contributed by atoms with Gasteiger partial charge in [-0.2, -0.15) is 0 Å². The van der Waals surface area contributed by atoms with Gasteiger partial charge in [0.1, 0.15) is 0 Å². The molecule has 0 bridgehead atoms. The van der Waals surface area contributed by atoms with Crippen LogP contribution in [-0.4, -0.2) is 0 Å². The van der Waals surface area contributed by atoms with E-state index in [2.05, 4.69) is 105 Å². The first-order valence-corrected chi connectivity index (χ1v) is 11.7. The third-order valence-corrected chi connectivity index (χ3v) is 6.66. The summed E-state index contributed by atoms with van der Waals surface area (Å²) < 4.78 is 0. The maximum Gasteiger partial charge on any atom is 0.0591 e. The van der Waals surface area contributed by atoms with E-state index in [-0.39, 0.29) is 0 Å². The van der Waals surface area contributed by atoms with Crippen LogP contribution in [0.15, 0.2) is 96.6 Å². The van der Waals surface area contributed by atoms with Gasteiger partial charge in [-0.15, -0.1) is 0 Å². The molecule has 3 aromatic rings. The SMILES string of the molecule is CC(C)C1=CC=C[C]1C(c1cccc(CN)c1)(c1cccc(CN)c1)c1cccc(CN)c1. The standard InChI is InChI=1S/C30H34N3/c1-21(2)28-13-6-14-29(28)30(25-10-3-7-22(15-25)18-31,26-11-4-8-23(16-26)19-32)27-12-5-9-24(17-27)20-33/h3-17,21H,18-20,31-33H2,1-2H3. The quantitative estimate of drug-likeness (QED) is 0.429. The van der Waals surface area contributed by atoms with E-state index in [1.165, 1.54) is 28.2 Å². The molecule has 0 amide bonds.